The SMILES string of the molecule is CC1CCC(Cl)CCOc2cccc(F)c21. The first kappa shape index (κ1) is 11.7. The molecular weight excluding hydrogens is 227 g/mol. The van der Waals surface area contributed by atoms with E-state index in [1.54, 1.807) is 6.07 Å². The Balaban J connectivity index is 2.32. The van der Waals surface area contributed by atoms with Crippen molar-refractivity contribution in [2.24, 2.45) is 0 Å². The van der Waals surface area contributed by atoms with E-state index in [4.69, 9.17) is 16.3 Å². The van der Waals surface area contributed by atoms with Crippen LogP contribution in [0.4, 0.5) is 4.39 Å². The first-order valence-electron chi connectivity index (χ1n) is 5.73. The lowest BCUT2D eigenvalue weighted by Gasteiger charge is -2.15. The van der Waals surface area contributed by atoms with Crippen LogP contribution in [0.2, 0.25) is 0 Å². The molecule has 2 rings (SSSR count). The highest BCUT2D eigenvalue weighted by Crippen LogP contribution is 2.34. The van der Waals surface area contributed by atoms with Crippen molar-refractivity contribution in [3.63, 3.8) is 0 Å². The van der Waals surface area contributed by atoms with Crippen LogP contribution in [0.1, 0.15) is 37.7 Å². The molecule has 0 spiro atoms. The number of rotatable bonds is 0. The molecule has 1 aromatic rings. The Hall–Kier alpha value is -0.760. The molecule has 1 aliphatic rings. The maximum absolute atomic E-state index is 13.8. The molecule has 2 unspecified atom stereocenters. The fourth-order valence-corrected chi connectivity index (χ4v) is 2.35. The van der Waals surface area contributed by atoms with Crippen molar-refractivity contribution >= 4 is 11.6 Å². The predicted octanol–water partition coefficient (Wildman–Crippen LogP) is 4.10. The van der Waals surface area contributed by atoms with Crippen LogP contribution in [0.5, 0.6) is 5.75 Å². The number of halogens is 2. The lowest BCUT2D eigenvalue weighted by molar-refractivity contribution is 0.305. The monoisotopic (exact) mass is 242 g/mol. The van der Waals surface area contributed by atoms with Gasteiger partial charge >= 0.3 is 0 Å². The van der Waals surface area contributed by atoms with Crippen molar-refractivity contribution in [2.75, 3.05) is 6.61 Å². The summed E-state index contributed by atoms with van der Waals surface area (Å²) >= 11 is 6.14. The molecule has 0 aliphatic carbocycles. The average molecular weight is 243 g/mol. The molecule has 88 valence electrons. The van der Waals surface area contributed by atoms with Crippen LogP contribution in [-0.2, 0) is 0 Å². The van der Waals surface area contributed by atoms with Gasteiger partial charge in [-0.15, -0.1) is 11.6 Å². The second-order valence-electron chi connectivity index (χ2n) is 4.36. The van der Waals surface area contributed by atoms with Gasteiger partial charge in [-0.1, -0.05) is 13.0 Å². The Bertz CT molecular complexity index is 367. The Morgan fingerprint density at radius 3 is 2.94 bits per heavy atom. The molecule has 0 saturated heterocycles. The maximum atomic E-state index is 13.8. The van der Waals surface area contributed by atoms with Gasteiger partial charge in [-0.2, -0.15) is 0 Å². The number of fused-ring (bicyclic) bond motifs is 1. The highest BCUT2D eigenvalue weighted by Gasteiger charge is 2.20. The molecule has 1 nitrogen and oxygen atoms in total. The molecule has 1 heterocycles. The van der Waals surface area contributed by atoms with Gasteiger partial charge in [0.25, 0.3) is 0 Å². The molecular formula is C13H16ClFO. The fraction of sp³-hybridized carbons (Fsp3) is 0.538. The Morgan fingerprint density at radius 2 is 2.12 bits per heavy atom. The molecule has 0 aromatic heterocycles. The lowest BCUT2D eigenvalue weighted by Crippen LogP contribution is -2.05. The van der Waals surface area contributed by atoms with Gasteiger partial charge in [0.1, 0.15) is 11.6 Å². The van der Waals surface area contributed by atoms with Crippen LogP contribution in [0.25, 0.3) is 0 Å². The zero-order valence-electron chi connectivity index (χ0n) is 9.38. The van der Waals surface area contributed by atoms with Crippen molar-refractivity contribution in [3.8, 4) is 5.75 Å². The van der Waals surface area contributed by atoms with Gasteiger partial charge in [-0.3, -0.25) is 0 Å². The van der Waals surface area contributed by atoms with E-state index >= 15 is 0 Å². The first-order chi connectivity index (χ1) is 7.68. The van der Waals surface area contributed by atoms with Gasteiger partial charge in [0, 0.05) is 10.9 Å². The second-order valence-corrected chi connectivity index (χ2v) is 4.98. The third-order valence-corrected chi connectivity index (χ3v) is 3.54. The molecule has 1 aliphatic heterocycles. The van der Waals surface area contributed by atoms with Crippen molar-refractivity contribution in [3.05, 3.63) is 29.6 Å². The topological polar surface area (TPSA) is 9.23 Å². The Kier molecular flexibility index (Phi) is 3.70. The number of hydrogen-bond acceptors (Lipinski definition) is 1. The van der Waals surface area contributed by atoms with Gasteiger partial charge < -0.3 is 4.74 Å². The van der Waals surface area contributed by atoms with Gasteiger partial charge in [-0.05, 0) is 37.3 Å². The molecule has 0 fully saturated rings. The average Bonchev–Trinajstić information content (AvgIpc) is 2.31. The molecule has 1 aromatic carbocycles. The summed E-state index contributed by atoms with van der Waals surface area (Å²) in [5, 5.41) is 0.139. The minimum Gasteiger partial charge on any atom is -0.493 e. The van der Waals surface area contributed by atoms with E-state index in [1.807, 2.05) is 13.0 Å². The van der Waals surface area contributed by atoms with E-state index in [0.29, 0.717) is 17.9 Å². The van der Waals surface area contributed by atoms with Crippen molar-refractivity contribution in [1.82, 2.24) is 0 Å². The zero-order chi connectivity index (χ0) is 11.5. The van der Waals surface area contributed by atoms with Crippen molar-refractivity contribution in [2.45, 2.75) is 37.5 Å². The smallest absolute Gasteiger partial charge is 0.130 e. The summed E-state index contributed by atoms with van der Waals surface area (Å²) in [5.74, 6) is 0.673. The van der Waals surface area contributed by atoms with Gasteiger partial charge in [-0.25, -0.2) is 4.39 Å². The van der Waals surface area contributed by atoms with Crippen molar-refractivity contribution in [1.29, 1.82) is 0 Å². The number of hydrogen-bond donors (Lipinski definition) is 0. The molecule has 16 heavy (non-hydrogen) atoms. The van der Waals surface area contributed by atoms with Crippen LogP contribution >= 0.6 is 11.6 Å². The Labute approximate surface area is 101 Å². The van der Waals surface area contributed by atoms with Crippen LogP contribution in [-0.4, -0.2) is 12.0 Å². The van der Waals surface area contributed by atoms with Crippen molar-refractivity contribution < 1.29 is 9.13 Å². The summed E-state index contributed by atoms with van der Waals surface area (Å²) in [4.78, 5) is 0. The fourth-order valence-electron chi connectivity index (χ4n) is 2.14. The summed E-state index contributed by atoms with van der Waals surface area (Å²) in [7, 11) is 0. The van der Waals surface area contributed by atoms with Crippen LogP contribution in [0.3, 0.4) is 0 Å². The van der Waals surface area contributed by atoms with E-state index in [0.717, 1.165) is 19.3 Å². The zero-order valence-corrected chi connectivity index (χ0v) is 10.1. The summed E-state index contributed by atoms with van der Waals surface area (Å²) in [6.07, 6.45) is 2.65. The summed E-state index contributed by atoms with van der Waals surface area (Å²) in [6.45, 7) is 2.59. The molecule has 0 amide bonds. The standard InChI is InChI=1S/C13H16ClFO/c1-9-5-6-10(14)7-8-16-12-4-2-3-11(15)13(9)12/h2-4,9-10H,5-8H2,1H3. The third-order valence-electron chi connectivity index (χ3n) is 3.11. The summed E-state index contributed by atoms with van der Waals surface area (Å²) < 4.78 is 19.4. The minimum atomic E-state index is -0.168. The molecule has 0 bridgehead atoms. The molecule has 0 saturated carbocycles. The lowest BCUT2D eigenvalue weighted by atomic mass is 9.94. The van der Waals surface area contributed by atoms with E-state index in [-0.39, 0.29) is 17.1 Å². The second kappa shape index (κ2) is 5.05. The van der Waals surface area contributed by atoms with Crippen LogP contribution in [0, 0.1) is 5.82 Å². The Morgan fingerprint density at radius 1 is 1.31 bits per heavy atom. The molecule has 0 N–H and O–H groups in total. The first-order valence-corrected chi connectivity index (χ1v) is 6.17. The summed E-state index contributed by atoms with van der Waals surface area (Å²) in [6, 6.07) is 5.02. The van der Waals surface area contributed by atoms with E-state index in [2.05, 4.69) is 0 Å². The van der Waals surface area contributed by atoms with E-state index in [1.165, 1.54) is 6.07 Å². The normalized spacial score (nSPS) is 25.9. The largest absolute Gasteiger partial charge is 0.493 e. The number of alkyl halides is 1. The van der Waals surface area contributed by atoms with E-state index < -0.39 is 0 Å². The quantitative estimate of drug-likeness (QED) is 0.623. The number of benzene rings is 1. The highest BCUT2D eigenvalue weighted by atomic mass is 35.5. The molecule has 3 heteroatoms. The van der Waals surface area contributed by atoms with Crippen LogP contribution in [0.15, 0.2) is 18.2 Å². The minimum absolute atomic E-state index is 0.139. The van der Waals surface area contributed by atoms with Gasteiger partial charge in [0.2, 0.25) is 0 Å². The predicted molar refractivity (Wildman–Crippen MR) is 63.8 cm³/mol. The van der Waals surface area contributed by atoms with Gasteiger partial charge in [0.15, 0.2) is 0 Å². The highest BCUT2D eigenvalue weighted by molar-refractivity contribution is 6.20. The van der Waals surface area contributed by atoms with E-state index in [9.17, 15) is 4.39 Å². The van der Waals surface area contributed by atoms with Crippen LogP contribution < -0.4 is 4.74 Å². The summed E-state index contributed by atoms with van der Waals surface area (Å²) in [5.41, 5.74) is 0.702. The molecule has 0 radical (unpaired) electrons. The van der Waals surface area contributed by atoms with Gasteiger partial charge in [0.05, 0.1) is 6.61 Å². The molecule has 2 atom stereocenters. The number of ether oxygens (including phenoxy) is 1. The third kappa shape index (κ3) is 2.49. The maximum Gasteiger partial charge on any atom is 0.130 e.